The fourth-order valence-electron chi connectivity index (χ4n) is 2.25. The topological polar surface area (TPSA) is 58.4 Å². The van der Waals surface area contributed by atoms with Gasteiger partial charge in [0.1, 0.15) is 0 Å². The van der Waals surface area contributed by atoms with Crippen molar-refractivity contribution in [3.05, 3.63) is 30.3 Å². The van der Waals surface area contributed by atoms with Gasteiger partial charge in [-0.05, 0) is 31.9 Å². The van der Waals surface area contributed by atoms with Gasteiger partial charge in [-0.25, -0.2) is 0 Å². The molecule has 0 unspecified atom stereocenters. The molecule has 1 amide bonds. The van der Waals surface area contributed by atoms with Crippen LogP contribution in [0.3, 0.4) is 0 Å². The maximum atomic E-state index is 11.5. The predicted octanol–water partition coefficient (Wildman–Crippen LogP) is 1.12. The minimum Gasteiger partial charge on any atom is -0.371 e. The molecule has 0 radical (unpaired) electrons. The SMILES string of the molecule is C[C@@H](N)C(=O)NC1CCN(c2ccccc2)CC1. The second-order valence-electron chi connectivity index (χ2n) is 4.89. The van der Waals surface area contributed by atoms with Gasteiger partial charge in [0.25, 0.3) is 0 Å². The van der Waals surface area contributed by atoms with Crippen molar-refractivity contribution in [3.63, 3.8) is 0 Å². The molecule has 0 saturated carbocycles. The minimum atomic E-state index is -0.419. The van der Waals surface area contributed by atoms with Crippen molar-refractivity contribution in [1.82, 2.24) is 5.32 Å². The predicted molar refractivity (Wildman–Crippen MR) is 73.5 cm³/mol. The molecule has 1 aromatic carbocycles. The Bertz CT molecular complexity index is 383. The lowest BCUT2D eigenvalue weighted by molar-refractivity contribution is -0.122. The third kappa shape index (κ3) is 3.23. The molecule has 1 aliphatic rings. The first-order valence-corrected chi connectivity index (χ1v) is 6.53. The van der Waals surface area contributed by atoms with Crippen LogP contribution in [0.25, 0.3) is 0 Å². The first kappa shape index (κ1) is 12.9. The summed E-state index contributed by atoms with van der Waals surface area (Å²) >= 11 is 0. The van der Waals surface area contributed by atoms with Crippen LogP contribution in [0.15, 0.2) is 30.3 Å². The van der Waals surface area contributed by atoms with Crippen molar-refractivity contribution >= 4 is 11.6 Å². The van der Waals surface area contributed by atoms with Gasteiger partial charge in [0.15, 0.2) is 0 Å². The second-order valence-corrected chi connectivity index (χ2v) is 4.89. The van der Waals surface area contributed by atoms with Gasteiger partial charge in [-0.2, -0.15) is 0 Å². The number of anilines is 1. The first-order chi connectivity index (χ1) is 8.66. The average Bonchev–Trinajstić information content (AvgIpc) is 2.40. The van der Waals surface area contributed by atoms with E-state index in [9.17, 15) is 4.79 Å². The number of hydrogen-bond acceptors (Lipinski definition) is 3. The molecule has 0 spiro atoms. The fourth-order valence-corrected chi connectivity index (χ4v) is 2.25. The van der Waals surface area contributed by atoms with Crippen molar-refractivity contribution < 1.29 is 4.79 Å². The fraction of sp³-hybridized carbons (Fsp3) is 0.500. The van der Waals surface area contributed by atoms with Crippen LogP contribution in [0.2, 0.25) is 0 Å². The number of carbonyl (C=O) groups excluding carboxylic acids is 1. The van der Waals surface area contributed by atoms with E-state index in [0.29, 0.717) is 0 Å². The quantitative estimate of drug-likeness (QED) is 0.841. The normalized spacial score (nSPS) is 18.4. The zero-order valence-corrected chi connectivity index (χ0v) is 10.8. The number of para-hydroxylation sites is 1. The van der Waals surface area contributed by atoms with Crippen LogP contribution in [0.4, 0.5) is 5.69 Å². The number of carbonyl (C=O) groups is 1. The maximum Gasteiger partial charge on any atom is 0.236 e. The summed E-state index contributed by atoms with van der Waals surface area (Å²) in [4.78, 5) is 13.9. The smallest absolute Gasteiger partial charge is 0.236 e. The zero-order chi connectivity index (χ0) is 13.0. The van der Waals surface area contributed by atoms with E-state index in [4.69, 9.17) is 5.73 Å². The van der Waals surface area contributed by atoms with E-state index >= 15 is 0 Å². The second kappa shape index (κ2) is 5.87. The van der Waals surface area contributed by atoms with Crippen LogP contribution in [-0.4, -0.2) is 31.1 Å². The monoisotopic (exact) mass is 247 g/mol. The van der Waals surface area contributed by atoms with Gasteiger partial charge in [-0.1, -0.05) is 18.2 Å². The summed E-state index contributed by atoms with van der Waals surface area (Å²) in [5.74, 6) is -0.0480. The Morgan fingerprint density at radius 2 is 1.94 bits per heavy atom. The minimum absolute atomic E-state index is 0.0480. The third-order valence-corrected chi connectivity index (χ3v) is 3.38. The third-order valence-electron chi connectivity index (χ3n) is 3.38. The molecular weight excluding hydrogens is 226 g/mol. The molecule has 4 heteroatoms. The highest BCUT2D eigenvalue weighted by Crippen LogP contribution is 2.19. The summed E-state index contributed by atoms with van der Waals surface area (Å²) in [7, 11) is 0. The van der Waals surface area contributed by atoms with Gasteiger partial charge >= 0.3 is 0 Å². The molecule has 98 valence electrons. The lowest BCUT2D eigenvalue weighted by Crippen LogP contribution is -2.48. The molecular formula is C14H21N3O. The van der Waals surface area contributed by atoms with Crippen LogP contribution in [0.5, 0.6) is 0 Å². The highest BCUT2D eigenvalue weighted by molar-refractivity contribution is 5.81. The van der Waals surface area contributed by atoms with Gasteiger partial charge in [0.05, 0.1) is 6.04 Å². The summed E-state index contributed by atoms with van der Waals surface area (Å²) in [5.41, 5.74) is 6.81. The van der Waals surface area contributed by atoms with E-state index in [0.717, 1.165) is 25.9 Å². The summed E-state index contributed by atoms with van der Waals surface area (Å²) < 4.78 is 0. The van der Waals surface area contributed by atoms with Crippen LogP contribution < -0.4 is 16.0 Å². The molecule has 1 aliphatic heterocycles. The molecule has 2 rings (SSSR count). The number of nitrogens with two attached hydrogens (primary N) is 1. The lowest BCUT2D eigenvalue weighted by Gasteiger charge is -2.34. The summed E-state index contributed by atoms with van der Waals surface area (Å²) in [6, 6.07) is 10.2. The largest absolute Gasteiger partial charge is 0.371 e. The van der Waals surface area contributed by atoms with Crippen molar-refractivity contribution in [2.75, 3.05) is 18.0 Å². The molecule has 1 fully saturated rings. The first-order valence-electron chi connectivity index (χ1n) is 6.53. The number of nitrogens with zero attached hydrogens (tertiary/aromatic N) is 1. The van der Waals surface area contributed by atoms with Crippen molar-refractivity contribution in [2.24, 2.45) is 5.73 Å². The molecule has 1 aromatic rings. The maximum absolute atomic E-state index is 11.5. The van der Waals surface area contributed by atoms with E-state index in [1.807, 2.05) is 6.07 Å². The number of rotatable bonds is 3. The van der Waals surface area contributed by atoms with E-state index in [2.05, 4.69) is 34.5 Å². The van der Waals surface area contributed by atoms with Gasteiger partial charge in [0.2, 0.25) is 5.91 Å². The molecule has 0 aliphatic carbocycles. The number of nitrogens with one attached hydrogen (secondary N) is 1. The number of amides is 1. The average molecular weight is 247 g/mol. The number of piperidine rings is 1. The van der Waals surface area contributed by atoms with E-state index in [1.165, 1.54) is 5.69 Å². The van der Waals surface area contributed by atoms with Crippen LogP contribution in [-0.2, 0) is 4.79 Å². The van der Waals surface area contributed by atoms with Crippen molar-refractivity contribution in [1.29, 1.82) is 0 Å². The molecule has 4 nitrogen and oxygen atoms in total. The highest BCUT2D eigenvalue weighted by atomic mass is 16.2. The molecule has 1 saturated heterocycles. The Balaban J connectivity index is 1.83. The zero-order valence-electron chi connectivity index (χ0n) is 10.8. The molecule has 1 atom stereocenters. The van der Waals surface area contributed by atoms with Gasteiger partial charge in [-0.3, -0.25) is 4.79 Å². The summed E-state index contributed by atoms with van der Waals surface area (Å²) in [5, 5.41) is 3.00. The standard InChI is InChI=1S/C14H21N3O/c1-11(15)14(18)16-12-7-9-17(10-8-12)13-5-3-2-4-6-13/h2-6,11-12H,7-10,15H2,1H3,(H,16,18)/t11-/m1/s1. The Hall–Kier alpha value is -1.55. The molecule has 18 heavy (non-hydrogen) atoms. The molecule has 1 heterocycles. The van der Waals surface area contributed by atoms with E-state index < -0.39 is 6.04 Å². The Morgan fingerprint density at radius 3 is 2.50 bits per heavy atom. The Kier molecular flexibility index (Phi) is 4.20. The Morgan fingerprint density at radius 1 is 1.33 bits per heavy atom. The molecule has 3 N–H and O–H groups in total. The highest BCUT2D eigenvalue weighted by Gasteiger charge is 2.21. The molecule has 0 bridgehead atoms. The lowest BCUT2D eigenvalue weighted by atomic mass is 10.0. The van der Waals surface area contributed by atoms with Gasteiger partial charge in [-0.15, -0.1) is 0 Å². The number of hydrogen-bond donors (Lipinski definition) is 2. The Labute approximate surface area is 108 Å². The van der Waals surface area contributed by atoms with E-state index in [-0.39, 0.29) is 11.9 Å². The van der Waals surface area contributed by atoms with E-state index in [1.54, 1.807) is 6.92 Å². The van der Waals surface area contributed by atoms with Crippen molar-refractivity contribution in [2.45, 2.75) is 31.8 Å². The number of benzene rings is 1. The van der Waals surface area contributed by atoms with Gasteiger partial charge < -0.3 is 16.0 Å². The summed E-state index contributed by atoms with van der Waals surface area (Å²) in [6.45, 7) is 3.68. The van der Waals surface area contributed by atoms with Gasteiger partial charge in [0, 0.05) is 24.8 Å². The van der Waals surface area contributed by atoms with Crippen LogP contribution in [0.1, 0.15) is 19.8 Å². The van der Waals surface area contributed by atoms with Crippen molar-refractivity contribution in [3.8, 4) is 0 Å². The summed E-state index contributed by atoms with van der Waals surface area (Å²) in [6.07, 6.45) is 1.96. The van der Waals surface area contributed by atoms with Crippen LogP contribution >= 0.6 is 0 Å². The van der Waals surface area contributed by atoms with Crippen LogP contribution in [0, 0.1) is 0 Å². The molecule has 0 aromatic heterocycles.